The zero-order chi connectivity index (χ0) is 15.1. The topological polar surface area (TPSA) is 35.2 Å². The van der Waals surface area contributed by atoms with E-state index in [2.05, 4.69) is 33.8 Å². The van der Waals surface area contributed by atoms with Crippen molar-refractivity contribution in [3.8, 4) is 5.75 Å². The minimum absolute atomic E-state index is 0. The molecule has 1 aromatic carbocycles. The van der Waals surface area contributed by atoms with Crippen LogP contribution < -0.4 is 10.5 Å². The fraction of sp³-hybridized carbons (Fsp3) is 0.647. The summed E-state index contributed by atoms with van der Waals surface area (Å²) in [6.45, 7) is 9.32. The van der Waals surface area contributed by atoms with Crippen molar-refractivity contribution >= 4 is 24.0 Å². The van der Waals surface area contributed by atoms with Gasteiger partial charge in [-0.15, -0.1) is 12.4 Å². The van der Waals surface area contributed by atoms with Crippen molar-refractivity contribution < 1.29 is 4.74 Å². The molecule has 0 spiro atoms. The fourth-order valence-corrected chi connectivity index (χ4v) is 2.48. The van der Waals surface area contributed by atoms with Crippen LogP contribution in [0.4, 0.5) is 0 Å². The van der Waals surface area contributed by atoms with Gasteiger partial charge in [0.2, 0.25) is 0 Å². The van der Waals surface area contributed by atoms with Crippen molar-refractivity contribution in [3.05, 3.63) is 28.3 Å². The van der Waals surface area contributed by atoms with E-state index in [0.717, 1.165) is 36.5 Å². The third-order valence-corrected chi connectivity index (χ3v) is 4.03. The molecule has 0 saturated carbocycles. The molecule has 2 N–H and O–H groups in total. The Kier molecular flexibility index (Phi) is 10.1. The van der Waals surface area contributed by atoms with Gasteiger partial charge in [-0.05, 0) is 48.8 Å². The van der Waals surface area contributed by atoms with Gasteiger partial charge in [0.1, 0.15) is 5.75 Å². The van der Waals surface area contributed by atoms with Crippen molar-refractivity contribution in [2.45, 2.75) is 65.3 Å². The van der Waals surface area contributed by atoms with Crippen LogP contribution in [0.5, 0.6) is 5.75 Å². The molecule has 0 fully saturated rings. The smallest absolute Gasteiger partial charge is 0.141 e. The Hall–Kier alpha value is -0.440. The van der Waals surface area contributed by atoms with Crippen LogP contribution >= 0.6 is 24.0 Å². The highest BCUT2D eigenvalue weighted by Crippen LogP contribution is 2.36. The van der Waals surface area contributed by atoms with Crippen molar-refractivity contribution in [1.82, 2.24) is 0 Å². The maximum atomic E-state index is 6.43. The second-order valence-electron chi connectivity index (χ2n) is 5.53. The lowest BCUT2D eigenvalue weighted by atomic mass is 9.93. The van der Waals surface area contributed by atoms with E-state index >= 15 is 0 Å². The maximum absolute atomic E-state index is 6.43. The van der Waals surface area contributed by atoms with E-state index in [-0.39, 0.29) is 18.4 Å². The fourth-order valence-electron chi connectivity index (χ4n) is 2.18. The predicted molar refractivity (Wildman–Crippen MR) is 95.2 cm³/mol. The van der Waals surface area contributed by atoms with E-state index in [9.17, 15) is 0 Å². The van der Waals surface area contributed by atoms with E-state index in [1.165, 1.54) is 11.1 Å². The molecule has 0 aromatic heterocycles. The third kappa shape index (κ3) is 6.06. The minimum atomic E-state index is 0. The van der Waals surface area contributed by atoms with E-state index in [1.54, 1.807) is 0 Å². The Morgan fingerprint density at radius 2 is 1.86 bits per heavy atom. The number of ether oxygens (including phenoxy) is 1. The molecule has 0 aliphatic carbocycles. The quantitative estimate of drug-likeness (QED) is 0.696. The van der Waals surface area contributed by atoms with Crippen LogP contribution in [0.3, 0.4) is 0 Å². The molecule has 1 rings (SSSR count). The summed E-state index contributed by atoms with van der Waals surface area (Å²) in [4.78, 5) is 0. The van der Waals surface area contributed by atoms with Crippen LogP contribution in [0.2, 0.25) is 5.02 Å². The van der Waals surface area contributed by atoms with Crippen LogP contribution in [0.15, 0.2) is 12.1 Å². The van der Waals surface area contributed by atoms with Crippen LogP contribution in [-0.4, -0.2) is 12.6 Å². The SMILES string of the molecule is CCCOc1c(Cl)cc(CC(N)CC)cc1C(C)CC.Cl. The zero-order valence-electron chi connectivity index (χ0n) is 13.6. The Morgan fingerprint density at radius 1 is 1.19 bits per heavy atom. The average Bonchev–Trinajstić information content (AvgIpc) is 2.44. The first-order valence-electron chi connectivity index (χ1n) is 7.74. The van der Waals surface area contributed by atoms with Gasteiger partial charge in [-0.2, -0.15) is 0 Å². The molecule has 0 radical (unpaired) electrons. The molecule has 122 valence electrons. The van der Waals surface area contributed by atoms with Crippen molar-refractivity contribution in [2.24, 2.45) is 5.73 Å². The largest absolute Gasteiger partial charge is 0.492 e. The first-order chi connectivity index (χ1) is 9.53. The first kappa shape index (κ1) is 20.6. The van der Waals surface area contributed by atoms with Crippen molar-refractivity contribution in [1.29, 1.82) is 0 Å². The standard InChI is InChI=1S/C17H28ClNO.ClH/c1-5-8-20-17-15(12(4)6-2)10-13(11-16(17)18)9-14(19)7-3;/h10-12,14H,5-9,19H2,1-4H3;1H. The lowest BCUT2D eigenvalue weighted by Gasteiger charge is -2.19. The molecule has 2 unspecified atom stereocenters. The van der Waals surface area contributed by atoms with Gasteiger partial charge in [0.15, 0.2) is 0 Å². The number of hydrogen-bond donors (Lipinski definition) is 1. The van der Waals surface area contributed by atoms with Gasteiger partial charge in [0.05, 0.1) is 11.6 Å². The normalized spacial score (nSPS) is 13.4. The molecule has 21 heavy (non-hydrogen) atoms. The van der Waals surface area contributed by atoms with Gasteiger partial charge < -0.3 is 10.5 Å². The Morgan fingerprint density at radius 3 is 2.38 bits per heavy atom. The predicted octanol–water partition coefficient (Wildman–Crippen LogP) is 5.34. The summed E-state index contributed by atoms with van der Waals surface area (Å²) < 4.78 is 5.86. The lowest BCUT2D eigenvalue weighted by Crippen LogP contribution is -2.21. The maximum Gasteiger partial charge on any atom is 0.141 e. The zero-order valence-corrected chi connectivity index (χ0v) is 15.2. The second kappa shape index (κ2) is 10.3. The summed E-state index contributed by atoms with van der Waals surface area (Å²) in [6, 6.07) is 4.42. The number of nitrogens with two attached hydrogens (primary N) is 1. The van der Waals surface area contributed by atoms with Crippen LogP contribution in [0, 0.1) is 0 Å². The van der Waals surface area contributed by atoms with Gasteiger partial charge in [0.25, 0.3) is 0 Å². The Balaban J connectivity index is 0.00000400. The summed E-state index contributed by atoms with van der Waals surface area (Å²) in [7, 11) is 0. The summed E-state index contributed by atoms with van der Waals surface area (Å²) >= 11 is 6.43. The first-order valence-corrected chi connectivity index (χ1v) is 8.11. The Labute approximate surface area is 140 Å². The molecule has 0 saturated heterocycles. The average molecular weight is 334 g/mol. The summed E-state index contributed by atoms with van der Waals surface area (Å²) in [6.07, 6.45) is 3.90. The van der Waals surface area contributed by atoms with Crippen molar-refractivity contribution in [2.75, 3.05) is 6.61 Å². The van der Waals surface area contributed by atoms with Gasteiger partial charge in [0, 0.05) is 6.04 Å². The number of rotatable bonds is 8. The molecule has 0 aliphatic rings. The number of hydrogen-bond acceptors (Lipinski definition) is 2. The van der Waals surface area contributed by atoms with E-state index in [4.69, 9.17) is 22.1 Å². The molecular weight excluding hydrogens is 305 g/mol. The molecule has 1 aromatic rings. The molecular formula is C17H29Cl2NO. The van der Waals surface area contributed by atoms with E-state index in [0.29, 0.717) is 12.5 Å². The lowest BCUT2D eigenvalue weighted by molar-refractivity contribution is 0.312. The van der Waals surface area contributed by atoms with Gasteiger partial charge in [-0.25, -0.2) is 0 Å². The van der Waals surface area contributed by atoms with Gasteiger partial charge >= 0.3 is 0 Å². The van der Waals surface area contributed by atoms with Crippen LogP contribution in [0.1, 0.15) is 64.0 Å². The monoisotopic (exact) mass is 333 g/mol. The van der Waals surface area contributed by atoms with Gasteiger partial charge in [-0.1, -0.05) is 45.4 Å². The van der Waals surface area contributed by atoms with Crippen LogP contribution in [-0.2, 0) is 6.42 Å². The number of halogens is 2. The molecule has 2 atom stereocenters. The summed E-state index contributed by atoms with van der Waals surface area (Å²) in [5, 5.41) is 0.717. The van der Waals surface area contributed by atoms with Crippen molar-refractivity contribution in [3.63, 3.8) is 0 Å². The molecule has 0 heterocycles. The highest BCUT2D eigenvalue weighted by molar-refractivity contribution is 6.32. The summed E-state index contributed by atoms with van der Waals surface area (Å²) in [5.41, 5.74) is 8.48. The highest BCUT2D eigenvalue weighted by Gasteiger charge is 2.16. The second-order valence-corrected chi connectivity index (χ2v) is 5.93. The minimum Gasteiger partial charge on any atom is -0.492 e. The molecule has 0 bridgehead atoms. The third-order valence-electron chi connectivity index (χ3n) is 3.75. The van der Waals surface area contributed by atoms with E-state index < -0.39 is 0 Å². The van der Waals surface area contributed by atoms with Crippen LogP contribution in [0.25, 0.3) is 0 Å². The number of benzene rings is 1. The summed E-state index contributed by atoms with van der Waals surface area (Å²) in [5.74, 6) is 1.30. The molecule has 0 aliphatic heterocycles. The molecule has 0 amide bonds. The van der Waals surface area contributed by atoms with Gasteiger partial charge in [-0.3, -0.25) is 0 Å². The molecule has 4 heteroatoms. The highest BCUT2D eigenvalue weighted by atomic mass is 35.5. The molecule has 2 nitrogen and oxygen atoms in total. The van der Waals surface area contributed by atoms with E-state index in [1.807, 2.05) is 6.07 Å². The Bertz CT molecular complexity index is 423.